The van der Waals surface area contributed by atoms with E-state index in [9.17, 15) is 5.11 Å². The summed E-state index contributed by atoms with van der Waals surface area (Å²) in [7, 11) is 0. The summed E-state index contributed by atoms with van der Waals surface area (Å²) in [5, 5.41) is 16.3. The zero-order valence-electron chi connectivity index (χ0n) is 15.5. The Morgan fingerprint density at radius 1 is 1.23 bits per heavy atom. The average Bonchev–Trinajstić information content (AvgIpc) is 3.18. The number of hydrogen-bond donors (Lipinski definition) is 3. The summed E-state index contributed by atoms with van der Waals surface area (Å²) >= 11 is 0. The van der Waals surface area contributed by atoms with Crippen LogP contribution in [0.15, 0.2) is 36.4 Å². The van der Waals surface area contributed by atoms with Crippen molar-refractivity contribution in [2.75, 3.05) is 30.4 Å². The molecule has 1 fully saturated rings. The first kappa shape index (κ1) is 18.6. The molecule has 2 heterocycles. The number of aliphatic hydroxyl groups is 1. The normalized spacial score (nSPS) is 18.1. The first-order valence-electron chi connectivity index (χ1n) is 9.33. The van der Waals surface area contributed by atoms with Crippen LogP contribution in [0, 0.1) is 5.92 Å². The number of aromatic nitrogens is 2. The number of benzene rings is 1. The Kier molecular flexibility index (Phi) is 6.41. The molecule has 0 amide bonds. The lowest BCUT2D eigenvalue weighted by molar-refractivity contribution is 0.120. The maximum atomic E-state index is 9.61. The van der Waals surface area contributed by atoms with Crippen LogP contribution in [0.2, 0.25) is 0 Å². The Labute approximate surface area is 155 Å². The van der Waals surface area contributed by atoms with Gasteiger partial charge in [0.2, 0.25) is 5.95 Å². The molecule has 0 bridgehead atoms. The van der Waals surface area contributed by atoms with Crippen molar-refractivity contribution in [1.29, 1.82) is 0 Å². The highest BCUT2D eigenvalue weighted by Crippen LogP contribution is 2.23. The lowest BCUT2D eigenvalue weighted by Gasteiger charge is -2.21. The van der Waals surface area contributed by atoms with E-state index < -0.39 is 0 Å². The molecule has 0 saturated carbocycles. The van der Waals surface area contributed by atoms with E-state index in [2.05, 4.69) is 34.4 Å². The smallest absolute Gasteiger partial charge is 0.225 e. The maximum Gasteiger partial charge on any atom is 0.225 e. The van der Waals surface area contributed by atoms with E-state index in [0.717, 1.165) is 43.1 Å². The predicted molar refractivity (Wildman–Crippen MR) is 104 cm³/mol. The molecule has 1 aromatic carbocycles. The standard InChI is InChI=1S/C20H28N4O2/c1-14(2)18(13-25)23-20-22-17(15-7-4-3-5-8-15)11-19(24-20)21-12-16-9-6-10-26-16/h3-5,7-8,11,14,16,18,25H,6,9-10,12-13H2,1-2H3,(H2,21,22,23,24)/t16-,18-/m0/s1. The minimum Gasteiger partial charge on any atom is -0.394 e. The molecule has 0 radical (unpaired) electrons. The Hall–Kier alpha value is -2.18. The van der Waals surface area contributed by atoms with Crippen LogP contribution in [-0.2, 0) is 4.74 Å². The molecule has 3 N–H and O–H groups in total. The molecule has 1 aliphatic rings. The third kappa shape index (κ3) is 4.93. The van der Waals surface area contributed by atoms with E-state index in [0.29, 0.717) is 5.95 Å². The van der Waals surface area contributed by atoms with Crippen molar-refractivity contribution in [3.05, 3.63) is 36.4 Å². The van der Waals surface area contributed by atoms with E-state index in [1.54, 1.807) is 0 Å². The number of nitrogens with one attached hydrogen (secondary N) is 2. The summed E-state index contributed by atoms with van der Waals surface area (Å²) < 4.78 is 5.68. The van der Waals surface area contributed by atoms with E-state index in [-0.39, 0.29) is 24.7 Å². The number of ether oxygens (including phenoxy) is 1. The van der Waals surface area contributed by atoms with Gasteiger partial charge in [-0.05, 0) is 18.8 Å². The largest absolute Gasteiger partial charge is 0.394 e. The molecule has 2 atom stereocenters. The van der Waals surface area contributed by atoms with Gasteiger partial charge in [0, 0.05) is 24.8 Å². The third-order valence-corrected chi connectivity index (χ3v) is 4.65. The van der Waals surface area contributed by atoms with Crippen LogP contribution in [0.25, 0.3) is 11.3 Å². The zero-order chi connectivity index (χ0) is 18.4. The highest BCUT2D eigenvalue weighted by atomic mass is 16.5. The van der Waals surface area contributed by atoms with Gasteiger partial charge in [0.25, 0.3) is 0 Å². The van der Waals surface area contributed by atoms with Crippen LogP contribution < -0.4 is 10.6 Å². The summed E-state index contributed by atoms with van der Waals surface area (Å²) in [4.78, 5) is 9.24. The van der Waals surface area contributed by atoms with E-state index in [1.807, 2.05) is 36.4 Å². The fraction of sp³-hybridized carbons (Fsp3) is 0.500. The average molecular weight is 356 g/mol. The van der Waals surface area contributed by atoms with Gasteiger partial charge in [0.15, 0.2) is 0 Å². The Morgan fingerprint density at radius 3 is 2.69 bits per heavy atom. The number of anilines is 2. The lowest BCUT2D eigenvalue weighted by Crippen LogP contribution is -2.30. The van der Waals surface area contributed by atoms with Crippen molar-refractivity contribution in [3.63, 3.8) is 0 Å². The highest BCUT2D eigenvalue weighted by Gasteiger charge is 2.17. The van der Waals surface area contributed by atoms with Crippen molar-refractivity contribution in [2.45, 2.75) is 38.8 Å². The fourth-order valence-corrected chi connectivity index (χ4v) is 2.97. The van der Waals surface area contributed by atoms with Gasteiger partial charge in [-0.15, -0.1) is 0 Å². The fourth-order valence-electron chi connectivity index (χ4n) is 2.97. The van der Waals surface area contributed by atoms with Crippen LogP contribution in [0.1, 0.15) is 26.7 Å². The molecule has 1 aliphatic heterocycles. The number of nitrogens with zero attached hydrogens (tertiary/aromatic N) is 2. The quantitative estimate of drug-likeness (QED) is 0.674. The summed E-state index contributed by atoms with van der Waals surface area (Å²) in [6.07, 6.45) is 2.43. The molecule has 0 spiro atoms. The van der Waals surface area contributed by atoms with Crippen LogP contribution >= 0.6 is 0 Å². The molecule has 0 unspecified atom stereocenters. The molecule has 1 saturated heterocycles. The zero-order valence-corrected chi connectivity index (χ0v) is 15.5. The lowest BCUT2D eigenvalue weighted by atomic mass is 10.1. The third-order valence-electron chi connectivity index (χ3n) is 4.65. The summed E-state index contributed by atoms with van der Waals surface area (Å²) in [6.45, 7) is 5.73. The molecule has 2 aromatic rings. The molecule has 140 valence electrons. The minimum atomic E-state index is -0.0907. The number of rotatable bonds is 8. The second-order valence-corrected chi connectivity index (χ2v) is 7.02. The van der Waals surface area contributed by atoms with Crippen LogP contribution in [0.4, 0.5) is 11.8 Å². The molecule has 0 aliphatic carbocycles. The molecular weight excluding hydrogens is 328 g/mol. The molecule has 3 rings (SSSR count). The Morgan fingerprint density at radius 2 is 2.04 bits per heavy atom. The van der Waals surface area contributed by atoms with Gasteiger partial charge in [-0.3, -0.25) is 0 Å². The van der Waals surface area contributed by atoms with Crippen molar-refractivity contribution in [3.8, 4) is 11.3 Å². The molecular formula is C20H28N4O2. The number of hydrogen-bond acceptors (Lipinski definition) is 6. The van der Waals surface area contributed by atoms with Gasteiger partial charge >= 0.3 is 0 Å². The Bertz CT molecular complexity index is 687. The van der Waals surface area contributed by atoms with Gasteiger partial charge in [-0.2, -0.15) is 4.98 Å². The Balaban J connectivity index is 1.83. The van der Waals surface area contributed by atoms with Crippen LogP contribution in [0.5, 0.6) is 0 Å². The molecule has 26 heavy (non-hydrogen) atoms. The van der Waals surface area contributed by atoms with Crippen molar-refractivity contribution >= 4 is 11.8 Å². The first-order valence-corrected chi connectivity index (χ1v) is 9.33. The van der Waals surface area contributed by atoms with E-state index in [1.165, 1.54) is 0 Å². The van der Waals surface area contributed by atoms with Gasteiger partial charge in [-0.1, -0.05) is 44.2 Å². The SMILES string of the molecule is CC(C)[C@H](CO)Nc1nc(NC[C@@H]2CCCO2)cc(-c2ccccc2)n1. The summed E-state index contributed by atoms with van der Waals surface area (Å²) in [5.74, 6) is 1.55. The van der Waals surface area contributed by atoms with Crippen molar-refractivity contribution < 1.29 is 9.84 Å². The van der Waals surface area contributed by atoms with Gasteiger partial charge < -0.3 is 20.5 Å². The monoisotopic (exact) mass is 356 g/mol. The summed E-state index contributed by atoms with van der Waals surface area (Å²) in [6, 6.07) is 11.9. The van der Waals surface area contributed by atoms with E-state index >= 15 is 0 Å². The second kappa shape index (κ2) is 8.96. The number of aliphatic hydroxyl groups excluding tert-OH is 1. The topological polar surface area (TPSA) is 79.3 Å². The van der Waals surface area contributed by atoms with Crippen LogP contribution in [0.3, 0.4) is 0 Å². The van der Waals surface area contributed by atoms with Crippen molar-refractivity contribution in [1.82, 2.24) is 9.97 Å². The van der Waals surface area contributed by atoms with Gasteiger partial charge in [0.1, 0.15) is 5.82 Å². The molecule has 6 heteroatoms. The second-order valence-electron chi connectivity index (χ2n) is 7.02. The van der Waals surface area contributed by atoms with Crippen molar-refractivity contribution in [2.24, 2.45) is 5.92 Å². The summed E-state index contributed by atoms with van der Waals surface area (Å²) in [5.41, 5.74) is 1.88. The minimum absolute atomic E-state index is 0.0370. The highest BCUT2D eigenvalue weighted by molar-refractivity contribution is 5.64. The first-order chi connectivity index (χ1) is 12.7. The predicted octanol–water partition coefficient (Wildman–Crippen LogP) is 3.16. The molecule has 1 aromatic heterocycles. The van der Waals surface area contributed by atoms with Gasteiger partial charge in [-0.25, -0.2) is 4.98 Å². The van der Waals surface area contributed by atoms with E-state index in [4.69, 9.17) is 4.74 Å². The van der Waals surface area contributed by atoms with Gasteiger partial charge in [0.05, 0.1) is 24.4 Å². The van der Waals surface area contributed by atoms with Crippen LogP contribution in [-0.4, -0.2) is 47.0 Å². The molecule has 6 nitrogen and oxygen atoms in total. The maximum absolute atomic E-state index is 9.61.